The smallest absolute Gasteiger partial charge is 0.0110 e. The van der Waals surface area contributed by atoms with Crippen molar-refractivity contribution in [2.75, 3.05) is 12.3 Å². The lowest BCUT2D eigenvalue weighted by Gasteiger charge is -2.01. The second-order valence-electron chi connectivity index (χ2n) is 3.41. The summed E-state index contributed by atoms with van der Waals surface area (Å²) in [5, 5.41) is 0. The molecule has 0 heterocycles. The van der Waals surface area contributed by atoms with Crippen LogP contribution in [0.5, 0.6) is 0 Å². The van der Waals surface area contributed by atoms with Gasteiger partial charge in [0.05, 0.1) is 0 Å². The minimum atomic E-state index is 0.604. The van der Waals surface area contributed by atoms with Crippen molar-refractivity contribution in [2.24, 2.45) is 5.73 Å². The highest BCUT2D eigenvalue weighted by atomic mass is 32.2. The molecule has 0 radical (unpaired) electrons. The lowest BCUT2D eigenvalue weighted by atomic mass is 10.2. The van der Waals surface area contributed by atoms with Gasteiger partial charge < -0.3 is 5.73 Å². The molecule has 0 aliphatic carbocycles. The molecule has 0 bridgehead atoms. The van der Waals surface area contributed by atoms with E-state index in [4.69, 9.17) is 5.73 Å². The van der Waals surface area contributed by atoms with E-state index in [1.807, 2.05) is 17.8 Å². The molecule has 1 aromatic rings. The van der Waals surface area contributed by atoms with Crippen molar-refractivity contribution >= 4 is 17.8 Å². The van der Waals surface area contributed by atoms with E-state index in [2.05, 4.69) is 37.3 Å². The maximum atomic E-state index is 5.42. The molecule has 0 atom stereocenters. The van der Waals surface area contributed by atoms with Gasteiger partial charge in [-0.3, -0.25) is 0 Å². The Kier molecular flexibility index (Phi) is 6.21. The van der Waals surface area contributed by atoms with Crippen LogP contribution in [0.15, 0.2) is 35.2 Å². The molecule has 0 aromatic heterocycles. The summed E-state index contributed by atoms with van der Waals surface area (Å²) in [6, 6.07) is 8.59. The molecule has 0 aliphatic heterocycles. The summed E-state index contributed by atoms with van der Waals surface area (Å²) in [7, 11) is 0. The Morgan fingerprint density at radius 3 is 3.00 bits per heavy atom. The van der Waals surface area contributed by atoms with Gasteiger partial charge >= 0.3 is 0 Å². The molecule has 82 valence electrons. The second-order valence-corrected chi connectivity index (χ2v) is 4.58. The Morgan fingerprint density at radius 1 is 1.40 bits per heavy atom. The molecule has 0 saturated heterocycles. The third-order valence-corrected chi connectivity index (χ3v) is 3.15. The van der Waals surface area contributed by atoms with Crippen molar-refractivity contribution in [2.45, 2.75) is 24.7 Å². The average molecular weight is 221 g/mol. The summed E-state index contributed by atoms with van der Waals surface area (Å²) in [5.74, 6) is 1.21. The van der Waals surface area contributed by atoms with Crippen molar-refractivity contribution in [1.82, 2.24) is 0 Å². The van der Waals surface area contributed by atoms with E-state index < -0.39 is 0 Å². The van der Waals surface area contributed by atoms with Crippen LogP contribution < -0.4 is 5.73 Å². The molecular weight excluding hydrogens is 202 g/mol. The van der Waals surface area contributed by atoms with Gasteiger partial charge in [-0.25, -0.2) is 0 Å². The van der Waals surface area contributed by atoms with E-state index in [-0.39, 0.29) is 0 Å². The van der Waals surface area contributed by atoms with Crippen LogP contribution in [0.2, 0.25) is 0 Å². The maximum Gasteiger partial charge on any atom is 0.0110 e. The third-order valence-electron chi connectivity index (χ3n) is 2.07. The van der Waals surface area contributed by atoms with Gasteiger partial charge in [0.1, 0.15) is 0 Å². The van der Waals surface area contributed by atoms with Crippen molar-refractivity contribution in [3.8, 4) is 0 Å². The number of hydrogen-bond acceptors (Lipinski definition) is 2. The first-order valence-electron chi connectivity index (χ1n) is 5.46. The first-order valence-corrected chi connectivity index (χ1v) is 6.45. The average Bonchev–Trinajstić information content (AvgIpc) is 2.27. The zero-order valence-corrected chi connectivity index (χ0v) is 10.1. The number of benzene rings is 1. The summed E-state index contributed by atoms with van der Waals surface area (Å²) < 4.78 is 0. The van der Waals surface area contributed by atoms with Crippen LogP contribution in [-0.4, -0.2) is 12.3 Å². The third kappa shape index (κ3) is 5.05. The molecule has 0 aliphatic rings. The molecule has 0 spiro atoms. The van der Waals surface area contributed by atoms with Gasteiger partial charge in [0, 0.05) is 11.4 Å². The van der Waals surface area contributed by atoms with Crippen LogP contribution in [0.3, 0.4) is 0 Å². The fourth-order valence-corrected chi connectivity index (χ4v) is 2.31. The molecule has 15 heavy (non-hydrogen) atoms. The van der Waals surface area contributed by atoms with Crippen molar-refractivity contribution in [3.05, 3.63) is 35.9 Å². The highest BCUT2D eigenvalue weighted by Crippen LogP contribution is 2.20. The summed E-state index contributed by atoms with van der Waals surface area (Å²) in [4.78, 5) is 1.35. The second kappa shape index (κ2) is 7.55. The lowest BCUT2D eigenvalue weighted by Crippen LogP contribution is -1.91. The Labute approximate surface area is 96.8 Å². The van der Waals surface area contributed by atoms with Gasteiger partial charge in [-0.1, -0.05) is 37.6 Å². The Morgan fingerprint density at radius 2 is 2.27 bits per heavy atom. The van der Waals surface area contributed by atoms with Crippen molar-refractivity contribution in [3.63, 3.8) is 0 Å². The summed E-state index contributed by atoms with van der Waals surface area (Å²) in [6.07, 6.45) is 6.60. The molecule has 0 amide bonds. The number of nitrogens with two attached hydrogens (primary N) is 1. The Bertz CT molecular complexity index is 307. The normalized spacial score (nSPS) is 11.1. The molecule has 2 heteroatoms. The van der Waals surface area contributed by atoms with Crippen molar-refractivity contribution in [1.29, 1.82) is 0 Å². The summed E-state index contributed by atoms with van der Waals surface area (Å²) in [6.45, 7) is 2.83. The van der Waals surface area contributed by atoms with Crippen LogP contribution in [-0.2, 0) is 0 Å². The van der Waals surface area contributed by atoms with Gasteiger partial charge in [-0.2, -0.15) is 0 Å². The number of rotatable bonds is 6. The van der Waals surface area contributed by atoms with E-state index in [0.717, 1.165) is 0 Å². The van der Waals surface area contributed by atoms with E-state index >= 15 is 0 Å². The Hall–Kier alpha value is -0.730. The predicted octanol–water partition coefficient (Wildman–Crippen LogP) is 3.55. The topological polar surface area (TPSA) is 26.0 Å². The van der Waals surface area contributed by atoms with E-state index in [1.54, 1.807) is 0 Å². The monoisotopic (exact) mass is 221 g/mol. The SMILES string of the molecule is CCCCSc1cccc(C=CCN)c1. The molecule has 1 rings (SSSR count). The lowest BCUT2D eigenvalue weighted by molar-refractivity contribution is 0.896. The van der Waals surface area contributed by atoms with E-state index in [1.165, 1.54) is 29.1 Å². The first kappa shape index (κ1) is 12.3. The summed E-state index contributed by atoms with van der Waals surface area (Å²) in [5.41, 5.74) is 6.66. The first-order chi connectivity index (χ1) is 7.36. The van der Waals surface area contributed by atoms with Crippen LogP contribution >= 0.6 is 11.8 Å². The van der Waals surface area contributed by atoms with Gasteiger partial charge in [0.15, 0.2) is 0 Å². The van der Waals surface area contributed by atoms with E-state index in [9.17, 15) is 0 Å². The highest BCUT2D eigenvalue weighted by molar-refractivity contribution is 7.99. The predicted molar refractivity (Wildman–Crippen MR) is 70.2 cm³/mol. The molecule has 0 unspecified atom stereocenters. The molecular formula is C13H19NS. The van der Waals surface area contributed by atoms with Gasteiger partial charge in [0.2, 0.25) is 0 Å². The number of thioether (sulfide) groups is 1. The van der Waals surface area contributed by atoms with E-state index in [0.29, 0.717) is 6.54 Å². The molecule has 1 aromatic carbocycles. The minimum absolute atomic E-state index is 0.604. The zero-order valence-electron chi connectivity index (χ0n) is 9.28. The molecule has 0 fully saturated rings. The number of unbranched alkanes of at least 4 members (excludes halogenated alkanes) is 1. The molecule has 1 nitrogen and oxygen atoms in total. The quantitative estimate of drug-likeness (QED) is 0.587. The minimum Gasteiger partial charge on any atom is -0.327 e. The number of hydrogen-bond donors (Lipinski definition) is 1. The van der Waals surface area contributed by atoms with Gasteiger partial charge in [-0.15, -0.1) is 11.8 Å². The highest BCUT2D eigenvalue weighted by Gasteiger charge is 1.94. The molecule has 0 saturated carbocycles. The molecule has 2 N–H and O–H groups in total. The van der Waals surface area contributed by atoms with Crippen molar-refractivity contribution < 1.29 is 0 Å². The fourth-order valence-electron chi connectivity index (χ4n) is 1.25. The Balaban J connectivity index is 2.53. The van der Waals surface area contributed by atoms with Crippen LogP contribution in [0, 0.1) is 0 Å². The largest absolute Gasteiger partial charge is 0.327 e. The van der Waals surface area contributed by atoms with Crippen LogP contribution in [0.4, 0.5) is 0 Å². The zero-order chi connectivity index (χ0) is 10.9. The van der Waals surface area contributed by atoms with Gasteiger partial charge in [-0.05, 0) is 29.9 Å². The van der Waals surface area contributed by atoms with Crippen LogP contribution in [0.1, 0.15) is 25.3 Å². The fraction of sp³-hybridized carbons (Fsp3) is 0.385. The summed E-state index contributed by atoms with van der Waals surface area (Å²) >= 11 is 1.93. The van der Waals surface area contributed by atoms with Crippen LogP contribution in [0.25, 0.3) is 6.08 Å². The standard InChI is InChI=1S/C13H19NS/c1-2-3-10-15-13-8-4-6-12(11-13)7-5-9-14/h4-8,11H,2-3,9-10,14H2,1H3. The maximum absolute atomic E-state index is 5.42. The van der Waals surface area contributed by atoms with Gasteiger partial charge in [0.25, 0.3) is 0 Å².